The average Bonchev–Trinajstić information content (AvgIpc) is 2.88. The van der Waals surface area contributed by atoms with Crippen molar-refractivity contribution in [3.8, 4) is 0 Å². The van der Waals surface area contributed by atoms with E-state index < -0.39 is 16.2 Å². The highest BCUT2D eigenvalue weighted by Crippen LogP contribution is 2.25. The van der Waals surface area contributed by atoms with Gasteiger partial charge in [-0.3, -0.25) is 5.10 Å². The number of H-pyrrole nitrogens is 1. The Kier molecular flexibility index (Phi) is 2.86. The van der Waals surface area contributed by atoms with E-state index in [4.69, 9.17) is 0 Å². The van der Waals surface area contributed by atoms with Gasteiger partial charge < -0.3 is 0 Å². The van der Waals surface area contributed by atoms with Crippen LogP contribution in [0.25, 0.3) is 0 Å². The van der Waals surface area contributed by atoms with E-state index in [0.29, 0.717) is 19.4 Å². The molecule has 1 atom stereocenters. The zero-order valence-electron chi connectivity index (χ0n) is 8.33. The number of aromatic nitrogens is 2. The molecule has 0 spiro atoms. The molecule has 7 nitrogen and oxygen atoms in total. The molecule has 1 aromatic rings. The Morgan fingerprint density at radius 1 is 1.62 bits per heavy atom. The number of rotatable bonds is 3. The van der Waals surface area contributed by atoms with E-state index in [0.717, 1.165) is 0 Å². The van der Waals surface area contributed by atoms with Crippen molar-refractivity contribution in [3.63, 3.8) is 0 Å². The summed E-state index contributed by atoms with van der Waals surface area (Å²) in [5.74, 6) is 0. The molecule has 1 aliphatic rings. The zero-order chi connectivity index (χ0) is 11.6. The van der Waals surface area contributed by atoms with Gasteiger partial charge in [-0.2, -0.15) is 14.4 Å². The summed E-state index contributed by atoms with van der Waals surface area (Å²) in [6, 6.07) is 1.37. The van der Waals surface area contributed by atoms with E-state index in [9.17, 15) is 13.2 Å². The molecule has 16 heavy (non-hydrogen) atoms. The molecule has 2 heterocycles. The molecule has 8 heteroatoms. The first-order chi connectivity index (χ1) is 7.66. The van der Waals surface area contributed by atoms with Crippen LogP contribution in [0.5, 0.6) is 0 Å². The summed E-state index contributed by atoms with van der Waals surface area (Å²) in [7, 11) is -3.62. The normalized spacial score (nSPS) is 21.9. The van der Waals surface area contributed by atoms with Crippen LogP contribution in [0, 0.1) is 0 Å². The highest BCUT2D eigenvalue weighted by atomic mass is 32.2. The molecule has 2 rings (SSSR count). The minimum absolute atomic E-state index is 0.0144. The largest absolute Gasteiger partial charge is 0.266 e. The van der Waals surface area contributed by atoms with Gasteiger partial charge >= 0.3 is 0 Å². The second-order valence-electron chi connectivity index (χ2n) is 3.38. The molecule has 1 N–H and O–H groups in total. The van der Waals surface area contributed by atoms with Gasteiger partial charge in [-0.15, -0.1) is 0 Å². The molecule has 86 valence electrons. The van der Waals surface area contributed by atoms with Crippen molar-refractivity contribution >= 4 is 16.1 Å². The van der Waals surface area contributed by atoms with Crippen molar-refractivity contribution in [1.82, 2.24) is 14.5 Å². The monoisotopic (exact) mass is 242 g/mol. The number of nitrogens with zero attached hydrogens (tertiary/aromatic N) is 3. The fourth-order valence-electron chi connectivity index (χ4n) is 1.71. The Balaban J connectivity index is 2.34. The molecule has 1 unspecified atom stereocenters. The highest BCUT2D eigenvalue weighted by molar-refractivity contribution is 7.89. The van der Waals surface area contributed by atoms with Crippen molar-refractivity contribution in [1.29, 1.82) is 0 Å². The second-order valence-corrected chi connectivity index (χ2v) is 5.24. The maximum absolute atomic E-state index is 12.0. The molecule has 0 bridgehead atoms. The third-order valence-electron chi connectivity index (χ3n) is 2.44. The van der Waals surface area contributed by atoms with Crippen molar-refractivity contribution in [2.75, 3.05) is 6.54 Å². The first-order valence-corrected chi connectivity index (χ1v) is 6.18. The van der Waals surface area contributed by atoms with E-state index in [-0.39, 0.29) is 5.03 Å². The molecule has 0 saturated carbocycles. The van der Waals surface area contributed by atoms with Crippen LogP contribution in [-0.2, 0) is 14.8 Å². The molecule has 0 amide bonds. The lowest BCUT2D eigenvalue weighted by molar-refractivity contribution is 0.394. The number of aromatic amines is 1. The van der Waals surface area contributed by atoms with Gasteiger partial charge in [-0.05, 0) is 18.9 Å². The molecule has 0 radical (unpaired) electrons. The molecule has 0 aromatic carbocycles. The molecule has 1 aromatic heterocycles. The fourth-order valence-corrected chi connectivity index (χ4v) is 3.20. The zero-order valence-corrected chi connectivity index (χ0v) is 9.14. The maximum Gasteiger partial charge on any atom is 0.261 e. The Morgan fingerprint density at radius 3 is 3.06 bits per heavy atom. The van der Waals surface area contributed by atoms with Crippen molar-refractivity contribution < 1.29 is 13.2 Å². The molecular weight excluding hydrogens is 232 g/mol. The predicted octanol–water partition coefficient (Wildman–Crippen LogP) is -0.144. The third kappa shape index (κ3) is 1.78. The molecule has 1 saturated heterocycles. The first kappa shape index (κ1) is 11.0. The summed E-state index contributed by atoms with van der Waals surface area (Å²) in [5, 5.41) is 6.00. The number of sulfonamides is 1. The van der Waals surface area contributed by atoms with Gasteiger partial charge in [0, 0.05) is 6.54 Å². The van der Waals surface area contributed by atoms with Gasteiger partial charge in [-0.1, -0.05) is 0 Å². The standard InChI is InChI=1S/C8H10N4O3S/c13-6-9-7-2-1-5-12(7)16(14,15)8-3-4-10-11-8/h3-4,7H,1-2,5H2,(H,10,11). The van der Waals surface area contributed by atoms with E-state index in [2.05, 4.69) is 15.2 Å². The molecular formula is C8H10N4O3S. The van der Waals surface area contributed by atoms with E-state index in [1.165, 1.54) is 22.6 Å². The summed E-state index contributed by atoms with van der Waals surface area (Å²) in [6.07, 6.45) is 3.36. The lowest BCUT2D eigenvalue weighted by atomic mass is 10.3. The quantitative estimate of drug-likeness (QED) is 0.589. The van der Waals surface area contributed by atoms with E-state index in [1.54, 1.807) is 0 Å². The van der Waals surface area contributed by atoms with Gasteiger partial charge in [0.1, 0.15) is 6.17 Å². The van der Waals surface area contributed by atoms with Crippen molar-refractivity contribution in [2.24, 2.45) is 4.99 Å². The smallest absolute Gasteiger partial charge is 0.261 e. The number of hydrogen-bond donors (Lipinski definition) is 1. The molecule has 1 fully saturated rings. The summed E-state index contributed by atoms with van der Waals surface area (Å²) in [6.45, 7) is 0.358. The number of aliphatic imine (C=N–C) groups is 1. The van der Waals surface area contributed by atoms with Gasteiger partial charge in [0.25, 0.3) is 10.0 Å². The highest BCUT2D eigenvalue weighted by Gasteiger charge is 2.35. The summed E-state index contributed by atoms with van der Waals surface area (Å²) >= 11 is 0. The number of isocyanates is 1. The molecule has 1 aliphatic heterocycles. The Hall–Kier alpha value is -1.50. The minimum Gasteiger partial charge on any atom is -0.266 e. The lowest BCUT2D eigenvalue weighted by Gasteiger charge is -2.18. The van der Waals surface area contributed by atoms with Crippen LogP contribution in [0.15, 0.2) is 22.3 Å². The average molecular weight is 242 g/mol. The number of nitrogens with one attached hydrogen (secondary N) is 1. The van der Waals surface area contributed by atoms with Gasteiger partial charge in [0.15, 0.2) is 5.03 Å². The number of carbonyl (C=O) groups excluding carboxylic acids is 1. The minimum atomic E-state index is -3.62. The Morgan fingerprint density at radius 2 is 2.44 bits per heavy atom. The lowest BCUT2D eigenvalue weighted by Crippen LogP contribution is -2.34. The second kappa shape index (κ2) is 4.17. The predicted molar refractivity (Wildman–Crippen MR) is 53.6 cm³/mol. The topological polar surface area (TPSA) is 95.5 Å². The first-order valence-electron chi connectivity index (χ1n) is 4.74. The van der Waals surface area contributed by atoms with Crippen molar-refractivity contribution in [3.05, 3.63) is 12.3 Å². The van der Waals surface area contributed by atoms with Crippen LogP contribution in [-0.4, -0.2) is 41.7 Å². The van der Waals surface area contributed by atoms with E-state index in [1.807, 2.05) is 0 Å². The molecule has 0 aliphatic carbocycles. The van der Waals surface area contributed by atoms with Gasteiger partial charge in [-0.25, -0.2) is 13.2 Å². The van der Waals surface area contributed by atoms with Gasteiger partial charge in [0.05, 0.1) is 6.20 Å². The Labute approximate surface area is 92.2 Å². The summed E-state index contributed by atoms with van der Waals surface area (Å²) < 4.78 is 25.3. The van der Waals surface area contributed by atoms with Crippen molar-refractivity contribution in [2.45, 2.75) is 24.0 Å². The van der Waals surface area contributed by atoms with Crippen LogP contribution < -0.4 is 0 Å². The SMILES string of the molecule is O=C=NC1CCCN1S(=O)(=O)c1ccn[nH]1. The van der Waals surface area contributed by atoms with Crippen LogP contribution in [0.1, 0.15) is 12.8 Å². The Bertz CT molecular complexity index is 503. The number of hydrogen-bond acceptors (Lipinski definition) is 5. The summed E-state index contributed by atoms with van der Waals surface area (Å²) in [4.78, 5) is 13.7. The van der Waals surface area contributed by atoms with Crippen LogP contribution >= 0.6 is 0 Å². The third-order valence-corrected chi connectivity index (χ3v) is 4.26. The van der Waals surface area contributed by atoms with Gasteiger partial charge in [0.2, 0.25) is 6.08 Å². The van der Waals surface area contributed by atoms with Crippen LogP contribution in [0.3, 0.4) is 0 Å². The van der Waals surface area contributed by atoms with E-state index >= 15 is 0 Å². The van der Waals surface area contributed by atoms with Crippen LogP contribution in [0.4, 0.5) is 0 Å². The summed E-state index contributed by atoms with van der Waals surface area (Å²) in [5.41, 5.74) is 0. The fraction of sp³-hybridized carbons (Fsp3) is 0.500. The maximum atomic E-state index is 12.0. The van der Waals surface area contributed by atoms with Crippen LogP contribution in [0.2, 0.25) is 0 Å².